The summed E-state index contributed by atoms with van der Waals surface area (Å²) in [6, 6.07) is 7.36. The highest BCUT2D eigenvalue weighted by atomic mass is 32.2. The molecule has 0 spiro atoms. The van der Waals surface area contributed by atoms with Crippen LogP contribution in [0.2, 0.25) is 0 Å². The van der Waals surface area contributed by atoms with Gasteiger partial charge in [0, 0.05) is 36.4 Å². The van der Waals surface area contributed by atoms with E-state index >= 15 is 0 Å². The van der Waals surface area contributed by atoms with E-state index in [4.69, 9.17) is 0 Å². The second kappa shape index (κ2) is 7.16. The topological polar surface area (TPSA) is 80.1 Å². The molecule has 3 aliphatic heterocycles. The molecule has 2 saturated heterocycles. The van der Waals surface area contributed by atoms with E-state index < -0.39 is 6.04 Å². The maximum absolute atomic E-state index is 12.8. The highest BCUT2D eigenvalue weighted by Crippen LogP contribution is 2.47. The van der Waals surface area contributed by atoms with Crippen LogP contribution in [0.3, 0.4) is 0 Å². The van der Waals surface area contributed by atoms with Gasteiger partial charge in [-0.25, -0.2) is 0 Å². The fourth-order valence-corrected chi connectivity index (χ4v) is 6.07. The molecule has 152 valence electrons. The molecule has 2 aromatic rings. The normalized spacial score (nSPS) is 26.2. The minimum Gasteiger partial charge on any atom is -0.324 e. The quantitative estimate of drug-likeness (QED) is 0.840. The first-order chi connectivity index (χ1) is 14.0. The summed E-state index contributed by atoms with van der Waals surface area (Å²) in [5, 5.41) is 11.7. The molecule has 4 heterocycles. The second-order valence-corrected chi connectivity index (χ2v) is 9.74. The molecular formula is C21H25N5O2S. The fraction of sp³-hybridized carbons (Fsp3) is 0.524. The standard InChI is InChI=1S/C21H25N5O2S/c1-21-11-10-18(27)26(21)16(13-29-21)20(28)22-15-8-6-14(7-9-15)19-24-23-17-5-3-2-4-12-25(17)19/h6-9,16H,2-5,10-13H2,1H3,(H,22,28)/t16-,21-/m0/s1. The number of rotatable bonds is 3. The van der Waals surface area contributed by atoms with Crippen LogP contribution in [0.25, 0.3) is 11.4 Å². The van der Waals surface area contributed by atoms with Crippen molar-refractivity contribution in [3.63, 3.8) is 0 Å². The molecule has 0 radical (unpaired) electrons. The van der Waals surface area contributed by atoms with E-state index in [1.165, 1.54) is 12.8 Å². The average molecular weight is 412 g/mol. The number of aryl methyl sites for hydroxylation is 1. The molecule has 8 heteroatoms. The summed E-state index contributed by atoms with van der Waals surface area (Å²) in [7, 11) is 0. The van der Waals surface area contributed by atoms with Crippen LogP contribution in [-0.2, 0) is 22.6 Å². The molecule has 1 aromatic heterocycles. The van der Waals surface area contributed by atoms with Crippen molar-refractivity contribution in [2.75, 3.05) is 11.1 Å². The second-order valence-electron chi connectivity index (χ2n) is 8.23. The summed E-state index contributed by atoms with van der Waals surface area (Å²) in [4.78, 5) is 26.7. The lowest BCUT2D eigenvalue weighted by Gasteiger charge is -2.29. The zero-order valence-electron chi connectivity index (χ0n) is 16.6. The van der Waals surface area contributed by atoms with Crippen LogP contribution in [-0.4, -0.2) is 48.1 Å². The third kappa shape index (κ3) is 3.23. The molecule has 29 heavy (non-hydrogen) atoms. The van der Waals surface area contributed by atoms with Crippen LogP contribution in [0, 0.1) is 0 Å². The summed E-state index contributed by atoms with van der Waals surface area (Å²) >= 11 is 1.71. The molecule has 2 atom stereocenters. The Morgan fingerprint density at radius 2 is 2.00 bits per heavy atom. The fourth-order valence-electron chi connectivity index (χ4n) is 4.64. The van der Waals surface area contributed by atoms with E-state index in [9.17, 15) is 9.59 Å². The van der Waals surface area contributed by atoms with Crippen LogP contribution in [0.4, 0.5) is 5.69 Å². The summed E-state index contributed by atoms with van der Waals surface area (Å²) in [5.41, 5.74) is 1.74. The Morgan fingerprint density at radius 3 is 2.83 bits per heavy atom. The number of nitrogens with zero attached hydrogens (tertiary/aromatic N) is 4. The Kier molecular flexibility index (Phi) is 4.61. The van der Waals surface area contributed by atoms with Gasteiger partial charge in [-0.15, -0.1) is 22.0 Å². The van der Waals surface area contributed by atoms with E-state index in [2.05, 4.69) is 27.0 Å². The Morgan fingerprint density at radius 1 is 1.17 bits per heavy atom. The third-order valence-electron chi connectivity index (χ3n) is 6.27. The van der Waals surface area contributed by atoms with Gasteiger partial charge >= 0.3 is 0 Å². The molecular weight excluding hydrogens is 386 g/mol. The van der Waals surface area contributed by atoms with Crippen LogP contribution >= 0.6 is 11.8 Å². The van der Waals surface area contributed by atoms with Gasteiger partial charge in [-0.3, -0.25) is 9.59 Å². The van der Waals surface area contributed by atoms with E-state index in [0.717, 1.165) is 48.7 Å². The van der Waals surface area contributed by atoms with Crippen molar-refractivity contribution in [2.45, 2.75) is 62.9 Å². The van der Waals surface area contributed by atoms with E-state index in [0.29, 0.717) is 12.2 Å². The molecule has 1 aromatic carbocycles. The van der Waals surface area contributed by atoms with E-state index in [-0.39, 0.29) is 16.7 Å². The van der Waals surface area contributed by atoms with Crippen LogP contribution < -0.4 is 5.32 Å². The van der Waals surface area contributed by atoms with Crippen molar-refractivity contribution in [1.82, 2.24) is 19.7 Å². The number of aromatic nitrogens is 3. The van der Waals surface area contributed by atoms with Crippen LogP contribution in [0.1, 0.15) is 44.9 Å². The lowest BCUT2D eigenvalue weighted by atomic mass is 10.1. The lowest BCUT2D eigenvalue weighted by Crippen LogP contribution is -2.48. The highest BCUT2D eigenvalue weighted by Gasteiger charge is 2.52. The number of nitrogens with one attached hydrogen (secondary N) is 1. The van der Waals surface area contributed by atoms with Crippen molar-refractivity contribution in [3.05, 3.63) is 30.1 Å². The predicted molar refractivity (Wildman–Crippen MR) is 112 cm³/mol. The van der Waals surface area contributed by atoms with Gasteiger partial charge in [-0.05, 0) is 50.5 Å². The molecule has 2 fully saturated rings. The van der Waals surface area contributed by atoms with Gasteiger partial charge in [-0.1, -0.05) is 6.42 Å². The molecule has 0 unspecified atom stereocenters. The number of carbonyl (C=O) groups is 2. The van der Waals surface area contributed by atoms with Crippen molar-refractivity contribution < 1.29 is 9.59 Å². The minimum atomic E-state index is -0.396. The van der Waals surface area contributed by atoms with Gasteiger partial charge < -0.3 is 14.8 Å². The first kappa shape index (κ1) is 18.7. The summed E-state index contributed by atoms with van der Waals surface area (Å²) in [5.74, 6) is 2.58. The molecule has 3 aliphatic rings. The van der Waals surface area contributed by atoms with Gasteiger partial charge in [0.25, 0.3) is 0 Å². The number of fused-ring (bicyclic) bond motifs is 2. The van der Waals surface area contributed by atoms with Gasteiger partial charge in [0.05, 0.1) is 4.87 Å². The Hall–Kier alpha value is -2.35. The summed E-state index contributed by atoms with van der Waals surface area (Å²) < 4.78 is 2.22. The molecule has 1 N–H and O–H groups in total. The Labute approximate surface area is 174 Å². The Balaban J connectivity index is 1.31. The largest absolute Gasteiger partial charge is 0.324 e. The number of hydrogen-bond acceptors (Lipinski definition) is 5. The number of carbonyl (C=O) groups excluding carboxylic acids is 2. The number of thioether (sulfide) groups is 1. The van der Waals surface area contributed by atoms with Gasteiger partial charge in [0.15, 0.2) is 5.82 Å². The number of amides is 2. The third-order valence-corrected chi connectivity index (χ3v) is 7.77. The van der Waals surface area contributed by atoms with Gasteiger partial charge in [0.1, 0.15) is 11.9 Å². The number of benzene rings is 1. The summed E-state index contributed by atoms with van der Waals surface area (Å²) in [6.45, 7) is 3.02. The first-order valence-electron chi connectivity index (χ1n) is 10.3. The zero-order valence-corrected chi connectivity index (χ0v) is 17.4. The highest BCUT2D eigenvalue weighted by molar-refractivity contribution is 8.01. The molecule has 5 rings (SSSR count). The van der Waals surface area contributed by atoms with Crippen molar-refractivity contribution >= 4 is 29.3 Å². The van der Waals surface area contributed by atoms with Crippen molar-refractivity contribution in [2.24, 2.45) is 0 Å². The van der Waals surface area contributed by atoms with Crippen molar-refractivity contribution in [1.29, 1.82) is 0 Å². The molecule has 0 saturated carbocycles. The van der Waals surface area contributed by atoms with Gasteiger partial charge in [-0.2, -0.15) is 0 Å². The maximum atomic E-state index is 12.8. The summed E-state index contributed by atoms with van der Waals surface area (Å²) in [6.07, 6.45) is 5.88. The SMILES string of the molecule is C[C@]12CCC(=O)N1[C@H](C(=O)Nc1ccc(-c3nnc4n3CCCCC4)cc1)CS2. The first-order valence-corrected chi connectivity index (χ1v) is 11.3. The zero-order chi connectivity index (χ0) is 20.0. The Bertz CT molecular complexity index is 956. The molecule has 2 amide bonds. The van der Waals surface area contributed by atoms with Crippen molar-refractivity contribution in [3.8, 4) is 11.4 Å². The molecule has 0 aliphatic carbocycles. The molecule has 0 bridgehead atoms. The lowest BCUT2D eigenvalue weighted by molar-refractivity contribution is -0.135. The smallest absolute Gasteiger partial charge is 0.248 e. The number of hydrogen-bond donors (Lipinski definition) is 1. The van der Waals surface area contributed by atoms with Crippen LogP contribution in [0.15, 0.2) is 24.3 Å². The van der Waals surface area contributed by atoms with E-state index in [1.807, 2.05) is 24.3 Å². The van der Waals surface area contributed by atoms with Crippen LogP contribution in [0.5, 0.6) is 0 Å². The maximum Gasteiger partial charge on any atom is 0.248 e. The monoisotopic (exact) mass is 411 g/mol. The predicted octanol–water partition coefficient (Wildman–Crippen LogP) is 3.06. The molecule has 7 nitrogen and oxygen atoms in total. The van der Waals surface area contributed by atoms with Gasteiger partial charge in [0.2, 0.25) is 11.8 Å². The number of anilines is 1. The minimum absolute atomic E-state index is 0.0838. The average Bonchev–Trinajstić information content (AvgIpc) is 3.30. The van der Waals surface area contributed by atoms with E-state index in [1.54, 1.807) is 16.7 Å².